The molecule has 1 aliphatic heterocycles. The monoisotopic (exact) mass is 407 g/mol. The summed E-state index contributed by atoms with van der Waals surface area (Å²) >= 11 is 0. The second kappa shape index (κ2) is 8.71. The number of methoxy groups -OCH3 is 2. The van der Waals surface area contributed by atoms with Crippen LogP contribution >= 0.6 is 0 Å². The zero-order valence-electron chi connectivity index (χ0n) is 17.5. The highest BCUT2D eigenvalue weighted by molar-refractivity contribution is 5.79. The molecule has 156 valence electrons. The first-order valence-corrected chi connectivity index (χ1v) is 10.0. The second-order valence-corrected chi connectivity index (χ2v) is 7.34. The molecule has 30 heavy (non-hydrogen) atoms. The van der Waals surface area contributed by atoms with Crippen molar-refractivity contribution in [1.82, 2.24) is 10.3 Å². The van der Waals surface area contributed by atoms with Crippen molar-refractivity contribution in [3.63, 3.8) is 0 Å². The number of nitrogens with zero attached hydrogens (tertiary/aromatic N) is 2. The summed E-state index contributed by atoms with van der Waals surface area (Å²) in [6.07, 6.45) is 3.66. The Morgan fingerprint density at radius 3 is 2.03 bits per heavy atom. The number of benzene rings is 2. The summed E-state index contributed by atoms with van der Waals surface area (Å²) in [5, 5.41) is 3.38. The standard InChI is InChI=1S/C24H26FN3O2/c1-16-20(17-4-6-19(7-5-17)28-10-8-26-9-11-28)14-27-15-21(16)18-12-22(29-2)24(25)23(13-18)30-3/h4-7,12-15,26H,8-11H2,1-3H3. The van der Waals surface area contributed by atoms with Crippen LogP contribution in [-0.4, -0.2) is 45.4 Å². The van der Waals surface area contributed by atoms with Gasteiger partial charge in [0.15, 0.2) is 11.5 Å². The normalized spacial score (nSPS) is 13.9. The number of nitrogens with one attached hydrogen (secondary N) is 1. The van der Waals surface area contributed by atoms with Crippen LogP contribution in [0, 0.1) is 12.7 Å². The zero-order chi connectivity index (χ0) is 21.1. The third-order valence-corrected chi connectivity index (χ3v) is 5.63. The molecule has 5 nitrogen and oxygen atoms in total. The molecular formula is C24H26FN3O2. The number of hydrogen-bond donors (Lipinski definition) is 1. The van der Waals surface area contributed by atoms with Crippen LogP contribution in [-0.2, 0) is 0 Å². The van der Waals surface area contributed by atoms with E-state index in [0.29, 0.717) is 0 Å². The van der Waals surface area contributed by atoms with Gasteiger partial charge >= 0.3 is 0 Å². The Morgan fingerprint density at radius 1 is 0.900 bits per heavy atom. The van der Waals surface area contributed by atoms with Crippen LogP contribution in [0.5, 0.6) is 11.5 Å². The molecule has 0 radical (unpaired) electrons. The van der Waals surface area contributed by atoms with Crippen molar-refractivity contribution in [2.24, 2.45) is 0 Å². The highest BCUT2D eigenvalue weighted by atomic mass is 19.1. The minimum absolute atomic E-state index is 0.148. The predicted octanol–water partition coefficient (Wildman–Crippen LogP) is 4.29. The molecule has 2 heterocycles. The maximum Gasteiger partial charge on any atom is 0.206 e. The van der Waals surface area contributed by atoms with Gasteiger partial charge in [-0.15, -0.1) is 0 Å². The minimum atomic E-state index is -0.506. The highest BCUT2D eigenvalue weighted by Gasteiger charge is 2.16. The fraction of sp³-hybridized carbons (Fsp3) is 0.292. The van der Waals surface area contributed by atoms with Crippen LogP contribution in [0.15, 0.2) is 48.8 Å². The van der Waals surface area contributed by atoms with E-state index in [2.05, 4.69) is 46.4 Å². The molecular weight excluding hydrogens is 381 g/mol. The molecule has 0 aliphatic carbocycles. The lowest BCUT2D eigenvalue weighted by Crippen LogP contribution is -2.43. The van der Waals surface area contributed by atoms with Crippen molar-refractivity contribution in [2.75, 3.05) is 45.3 Å². The smallest absolute Gasteiger partial charge is 0.206 e. The molecule has 0 unspecified atom stereocenters. The Morgan fingerprint density at radius 2 is 1.47 bits per heavy atom. The molecule has 2 aromatic carbocycles. The molecule has 1 fully saturated rings. The van der Waals surface area contributed by atoms with Gasteiger partial charge in [-0.25, -0.2) is 0 Å². The van der Waals surface area contributed by atoms with Crippen molar-refractivity contribution in [2.45, 2.75) is 6.92 Å². The van der Waals surface area contributed by atoms with E-state index in [1.54, 1.807) is 18.3 Å². The number of rotatable bonds is 5. The van der Waals surface area contributed by atoms with Crippen molar-refractivity contribution in [1.29, 1.82) is 0 Å². The molecule has 0 spiro atoms. The van der Waals surface area contributed by atoms with Gasteiger partial charge in [-0.3, -0.25) is 4.98 Å². The molecule has 6 heteroatoms. The first-order valence-electron chi connectivity index (χ1n) is 10.0. The molecule has 0 bridgehead atoms. The SMILES string of the molecule is COc1cc(-c2cncc(-c3ccc(N4CCNCC4)cc3)c2C)cc(OC)c1F. The third kappa shape index (κ3) is 3.83. The molecule has 1 N–H and O–H groups in total. The molecule has 1 aromatic heterocycles. The Bertz CT molecular complexity index is 1010. The highest BCUT2D eigenvalue weighted by Crippen LogP contribution is 2.37. The van der Waals surface area contributed by atoms with Crippen LogP contribution < -0.4 is 19.7 Å². The van der Waals surface area contributed by atoms with Crippen molar-refractivity contribution in [3.05, 3.63) is 60.2 Å². The molecule has 0 saturated carbocycles. The van der Waals surface area contributed by atoms with E-state index < -0.39 is 5.82 Å². The number of piperazine rings is 1. The summed E-state index contributed by atoms with van der Waals surface area (Å²) in [7, 11) is 2.90. The lowest BCUT2D eigenvalue weighted by atomic mass is 9.95. The summed E-state index contributed by atoms with van der Waals surface area (Å²) in [6.45, 7) is 6.11. The van der Waals surface area contributed by atoms with Gasteiger partial charge in [-0.05, 0) is 47.9 Å². The molecule has 0 amide bonds. The van der Waals surface area contributed by atoms with E-state index in [1.807, 2.05) is 6.20 Å². The van der Waals surface area contributed by atoms with E-state index in [9.17, 15) is 4.39 Å². The van der Waals surface area contributed by atoms with E-state index >= 15 is 0 Å². The first-order chi connectivity index (χ1) is 14.6. The first kappa shape index (κ1) is 20.2. The van der Waals surface area contributed by atoms with Crippen LogP contribution in [0.2, 0.25) is 0 Å². The van der Waals surface area contributed by atoms with Gasteiger partial charge in [0.2, 0.25) is 5.82 Å². The van der Waals surface area contributed by atoms with Crippen molar-refractivity contribution in [3.8, 4) is 33.8 Å². The predicted molar refractivity (Wildman–Crippen MR) is 118 cm³/mol. The summed E-state index contributed by atoms with van der Waals surface area (Å²) in [6, 6.07) is 12.0. The van der Waals surface area contributed by atoms with E-state index in [-0.39, 0.29) is 11.5 Å². The van der Waals surface area contributed by atoms with E-state index in [0.717, 1.165) is 54.0 Å². The Labute approximate surface area is 176 Å². The number of ether oxygens (including phenoxy) is 2. The molecule has 4 rings (SSSR count). The van der Waals surface area contributed by atoms with Crippen molar-refractivity contribution < 1.29 is 13.9 Å². The quantitative estimate of drug-likeness (QED) is 0.684. The largest absolute Gasteiger partial charge is 0.494 e. The number of aromatic nitrogens is 1. The number of anilines is 1. The van der Waals surface area contributed by atoms with Gasteiger partial charge in [0.25, 0.3) is 0 Å². The summed E-state index contributed by atoms with van der Waals surface area (Å²) in [5.74, 6) is -0.210. The van der Waals surface area contributed by atoms with E-state index in [1.165, 1.54) is 19.9 Å². The fourth-order valence-corrected chi connectivity index (χ4v) is 3.91. The molecule has 1 saturated heterocycles. The summed E-state index contributed by atoms with van der Waals surface area (Å²) < 4.78 is 24.7. The maximum atomic E-state index is 14.3. The van der Waals surface area contributed by atoms with Crippen LogP contribution in [0.3, 0.4) is 0 Å². The van der Waals surface area contributed by atoms with E-state index in [4.69, 9.17) is 9.47 Å². The number of hydrogen-bond acceptors (Lipinski definition) is 5. The summed E-state index contributed by atoms with van der Waals surface area (Å²) in [5.41, 5.74) is 6.15. The third-order valence-electron chi connectivity index (χ3n) is 5.63. The Balaban J connectivity index is 1.70. The zero-order valence-corrected chi connectivity index (χ0v) is 17.5. The molecule has 0 atom stereocenters. The number of halogens is 1. The molecule has 3 aromatic rings. The Kier molecular flexibility index (Phi) is 5.86. The lowest BCUT2D eigenvalue weighted by Gasteiger charge is -2.29. The summed E-state index contributed by atoms with van der Waals surface area (Å²) in [4.78, 5) is 6.84. The van der Waals surface area contributed by atoms with Crippen molar-refractivity contribution >= 4 is 5.69 Å². The van der Waals surface area contributed by atoms with Gasteiger partial charge in [-0.2, -0.15) is 4.39 Å². The fourth-order valence-electron chi connectivity index (χ4n) is 3.91. The second-order valence-electron chi connectivity index (χ2n) is 7.34. The average Bonchev–Trinajstić information content (AvgIpc) is 2.80. The van der Waals surface area contributed by atoms with Gasteiger partial charge in [0.1, 0.15) is 0 Å². The van der Waals surface area contributed by atoms with Gasteiger partial charge in [0, 0.05) is 55.4 Å². The minimum Gasteiger partial charge on any atom is -0.494 e. The average molecular weight is 407 g/mol. The number of pyridine rings is 1. The lowest BCUT2D eigenvalue weighted by molar-refractivity contribution is 0.351. The van der Waals surface area contributed by atoms with Gasteiger partial charge < -0.3 is 19.7 Å². The van der Waals surface area contributed by atoms with Gasteiger partial charge in [0.05, 0.1) is 14.2 Å². The molecule has 1 aliphatic rings. The Hall–Kier alpha value is -3.12. The topological polar surface area (TPSA) is 46.6 Å². The van der Waals surface area contributed by atoms with Crippen LogP contribution in [0.4, 0.5) is 10.1 Å². The van der Waals surface area contributed by atoms with Gasteiger partial charge in [-0.1, -0.05) is 12.1 Å². The van der Waals surface area contributed by atoms with Crippen LogP contribution in [0.25, 0.3) is 22.3 Å². The van der Waals surface area contributed by atoms with Crippen LogP contribution in [0.1, 0.15) is 5.56 Å². The maximum absolute atomic E-state index is 14.3.